The van der Waals surface area contributed by atoms with Gasteiger partial charge in [-0.1, -0.05) is 66.2 Å². The van der Waals surface area contributed by atoms with Crippen LogP contribution in [0, 0.1) is 11.8 Å². The highest BCUT2D eigenvalue weighted by Crippen LogP contribution is 2.59. The third-order valence-corrected chi connectivity index (χ3v) is 8.40. The molecule has 25 heavy (non-hydrogen) atoms. The highest BCUT2D eigenvalue weighted by atomic mass is 31.2. The molecule has 0 aliphatic carbocycles. The Hall–Kier alpha value is 0.300. The SMILES string of the molecule is CCCCC(CC)COP(=O)(CP(=O)(O)O)OCC(CC)CCCC. The maximum Gasteiger partial charge on any atom is 0.342 e. The normalized spacial score (nSPS) is 17.2. The lowest BCUT2D eigenvalue weighted by atomic mass is 10.0. The van der Waals surface area contributed by atoms with Crippen LogP contribution in [0.2, 0.25) is 0 Å². The minimum Gasteiger partial charge on any atom is -0.324 e. The molecule has 0 rings (SSSR count). The molecule has 0 bridgehead atoms. The summed E-state index contributed by atoms with van der Waals surface area (Å²) in [6.07, 6.45) is 7.92. The van der Waals surface area contributed by atoms with Crippen molar-refractivity contribution in [1.29, 1.82) is 0 Å². The Morgan fingerprint density at radius 2 is 1.20 bits per heavy atom. The average molecular weight is 400 g/mol. The van der Waals surface area contributed by atoms with Gasteiger partial charge in [0, 0.05) is 0 Å². The van der Waals surface area contributed by atoms with Gasteiger partial charge < -0.3 is 18.8 Å². The smallest absolute Gasteiger partial charge is 0.324 e. The first-order chi connectivity index (χ1) is 11.7. The van der Waals surface area contributed by atoms with Crippen LogP contribution >= 0.6 is 15.2 Å². The molecular formula is C17H38O6P2. The van der Waals surface area contributed by atoms with E-state index >= 15 is 0 Å². The monoisotopic (exact) mass is 400 g/mol. The van der Waals surface area contributed by atoms with Gasteiger partial charge in [0.15, 0.2) is 5.90 Å². The summed E-state index contributed by atoms with van der Waals surface area (Å²) in [5.41, 5.74) is 0. The van der Waals surface area contributed by atoms with Crippen molar-refractivity contribution in [3.05, 3.63) is 0 Å². The Bertz CT molecular complexity index is 399. The highest BCUT2D eigenvalue weighted by Gasteiger charge is 2.35. The summed E-state index contributed by atoms with van der Waals surface area (Å²) in [6.45, 7) is 8.73. The average Bonchev–Trinajstić information content (AvgIpc) is 2.53. The Labute approximate surface area is 153 Å². The quantitative estimate of drug-likeness (QED) is 0.319. The summed E-state index contributed by atoms with van der Waals surface area (Å²) in [5.74, 6) is -0.375. The van der Waals surface area contributed by atoms with E-state index in [2.05, 4.69) is 13.8 Å². The van der Waals surface area contributed by atoms with E-state index in [9.17, 15) is 18.9 Å². The van der Waals surface area contributed by atoms with Gasteiger partial charge in [0.2, 0.25) is 0 Å². The first-order valence-electron chi connectivity index (χ1n) is 9.62. The van der Waals surface area contributed by atoms with E-state index in [-0.39, 0.29) is 25.0 Å². The van der Waals surface area contributed by atoms with Gasteiger partial charge in [-0.3, -0.25) is 9.13 Å². The van der Waals surface area contributed by atoms with Crippen LogP contribution in [0.1, 0.15) is 79.1 Å². The van der Waals surface area contributed by atoms with Gasteiger partial charge in [-0.2, -0.15) is 0 Å². The van der Waals surface area contributed by atoms with E-state index in [1.807, 2.05) is 13.8 Å². The molecule has 0 amide bonds. The van der Waals surface area contributed by atoms with Gasteiger partial charge in [0.1, 0.15) is 0 Å². The van der Waals surface area contributed by atoms with Gasteiger partial charge >= 0.3 is 15.2 Å². The molecule has 0 aromatic carbocycles. The lowest BCUT2D eigenvalue weighted by molar-refractivity contribution is 0.152. The molecule has 2 unspecified atom stereocenters. The lowest BCUT2D eigenvalue weighted by Crippen LogP contribution is -2.13. The molecule has 152 valence electrons. The summed E-state index contributed by atoms with van der Waals surface area (Å²) in [6, 6.07) is 0. The van der Waals surface area contributed by atoms with Gasteiger partial charge in [0.25, 0.3) is 0 Å². The number of unbranched alkanes of at least 4 members (excludes halogenated alkanes) is 2. The van der Waals surface area contributed by atoms with Gasteiger partial charge in [-0.15, -0.1) is 0 Å². The molecule has 0 aromatic rings. The van der Waals surface area contributed by atoms with Crippen LogP contribution in [0.15, 0.2) is 0 Å². The molecule has 0 fully saturated rings. The van der Waals surface area contributed by atoms with Crippen LogP contribution in [-0.4, -0.2) is 28.9 Å². The third-order valence-electron chi connectivity index (χ3n) is 4.46. The summed E-state index contributed by atoms with van der Waals surface area (Å²) >= 11 is 0. The molecular weight excluding hydrogens is 362 g/mol. The van der Waals surface area contributed by atoms with E-state index in [1.165, 1.54) is 0 Å². The molecule has 0 heterocycles. The van der Waals surface area contributed by atoms with Crippen molar-refractivity contribution in [2.75, 3.05) is 19.1 Å². The number of hydrogen-bond acceptors (Lipinski definition) is 4. The second-order valence-corrected chi connectivity index (χ2v) is 11.0. The Morgan fingerprint density at radius 1 is 0.800 bits per heavy atom. The molecule has 0 radical (unpaired) electrons. The summed E-state index contributed by atoms with van der Waals surface area (Å²) in [4.78, 5) is 18.5. The molecule has 8 heteroatoms. The van der Waals surface area contributed by atoms with Crippen molar-refractivity contribution in [3.8, 4) is 0 Å². The minimum absolute atomic E-state index is 0.222. The van der Waals surface area contributed by atoms with Crippen LogP contribution in [0.25, 0.3) is 0 Å². The molecule has 2 N–H and O–H groups in total. The van der Waals surface area contributed by atoms with E-state index in [0.717, 1.165) is 51.4 Å². The van der Waals surface area contributed by atoms with Crippen LogP contribution in [0.4, 0.5) is 0 Å². The zero-order valence-corrected chi connectivity index (χ0v) is 18.1. The van der Waals surface area contributed by atoms with Crippen molar-refractivity contribution >= 4 is 15.2 Å². The first-order valence-corrected chi connectivity index (χ1v) is 13.1. The summed E-state index contributed by atoms with van der Waals surface area (Å²) < 4.78 is 35.3. The van der Waals surface area contributed by atoms with Crippen LogP contribution in [-0.2, 0) is 18.2 Å². The van der Waals surface area contributed by atoms with Crippen molar-refractivity contribution in [3.63, 3.8) is 0 Å². The second-order valence-electron chi connectivity index (χ2n) is 6.84. The fraction of sp³-hybridized carbons (Fsp3) is 1.00. The topological polar surface area (TPSA) is 93.1 Å². The fourth-order valence-electron chi connectivity index (χ4n) is 2.58. The summed E-state index contributed by atoms with van der Waals surface area (Å²) in [7, 11) is -8.28. The van der Waals surface area contributed by atoms with Crippen LogP contribution in [0.5, 0.6) is 0 Å². The maximum absolute atomic E-state index is 12.9. The minimum atomic E-state index is -4.48. The maximum atomic E-state index is 12.9. The van der Waals surface area contributed by atoms with E-state index in [1.54, 1.807) is 0 Å². The standard InChI is InChI=1S/C17H38O6P2/c1-5-9-11-16(7-3)13-22-25(21,15-24(18,19)20)23-14-17(8-4)12-10-6-2/h16-17H,5-15H2,1-4H3,(H2,18,19,20). The Morgan fingerprint density at radius 3 is 1.48 bits per heavy atom. The molecule has 0 aromatic heterocycles. The number of rotatable bonds is 16. The molecule has 0 saturated heterocycles. The highest BCUT2D eigenvalue weighted by molar-refractivity contribution is 7.70. The zero-order valence-electron chi connectivity index (χ0n) is 16.4. The summed E-state index contributed by atoms with van der Waals surface area (Å²) in [5, 5.41) is 0. The zero-order chi connectivity index (χ0) is 19.3. The largest absolute Gasteiger partial charge is 0.342 e. The molecule has 0 spiro atoms. The second kappa shape index (κ2) is 13.5. The van der Waals surface area contributed by atoms with Crippen molar-refractivity contribution in [2.24, 2.45) is 11.8 Å². The first kappa shape index (κ1) is 25.3. The van der Waals surface area contributed by atoms with E-state index in [0.29, 0.717) is 0 Å². The van der Waals surface area contributed by atoms with Crippen molar-refractivity contribution in [1.82, 2.24) is 0 Å². The molecule has 0 aliphatic heterocycles. The molecule has 0 aliphatic rings. The van der Waals surface area contributed by atoms with E-state index in [4.69, 9.17) is 9.05 Å². The van der Waals surface area contributed by atoms with Crippen molar-refractivity contribution in [2.45, 2.75) is 79.1 Å². The Balaban J connectivity index is 4.81. The predicted octanol–water partition coefficient (Wildman–Crippen LogP) is 5.78. The molecule has 0 saturated carbocycles. The van der Waals surface area contributed by atoms with E-state index < -0.39 is 21.1 Å². The van der Waals surface area contributed by atoms with Gasteiger partial charge in [0.05, 0.1) is 13.2 Å². The number of hydrogen-bond donors (Lipinski definition) is 2. The van der Waals surface area contributed by atoms with Crippen LogP contribution < -0.4 is 0 Å². The van der Waals surface area contributed by atoms with Crippen LogP contribution in [0.3, 0.4) is 0 Å². The molecule has 6 nitrogen and oxygen atoms in total. The Kier molecular flexibility index (Phi) is 13.6. The molecule has 2 atom stereocenters. The third kappa shape index (κ3) is 13.2. The van der Waals surface area contributed by atoms with Gasteiger partial charge in [-0.05, 0) is 24.7 Å². The lowest BCUT2D eigenvalue weighted by Gasteiger charge is -2.24. The fourth-order valence-corrected chi connectivity index (χ4v) is 5.99. The van der Waals surface area contributed by atoms with Gasteiger partial charge in [-0.25, -0.2) is 0 Å². The predicted molar refractivity (Wildman–Crippen MR) is 103 cm³/mol. The van der Waals surface area contributed by atoms with Crippen molar-refractivity contribution < 1.29 is 28.0 Å².